The van der Waals surface area contributed by atoms with Crippen LogP contribution in [-0.4, -0.2) is 59.6 Å². The summed E-state index contributed by atoms with van der Waals surface area (Å²) in [5.41, 5.74) is 5.25. The molecule has 116 valence electrons. The Kier molecular flexibility index (Phi) is 5.80. The molecular formula is C14H27N3O3. The maximum atomic E-state index is 12.1. The second-order valence-electron chi connectivity index (χ2n) is 6.27. The van der Waals surface area contributed by atoms with Crippen LogP contribution in [0.15, 0.2) is 0 Å². The van der Waals surface area contributed by atoms with Crippen molar-refractivity contribution in [3.8, 4) is 0 Å². The van der Waals surface area contributed by atoms with E-state index in [0.717, 1.165) is 6.42 Å². The van der Waals surface area contributed by atoms with E-state index in [1.165, 1.54) is 0 Å². The summed E-state index contributed by atoms with van der Waals surface area (Å²) < 4.78 is 5.37. The van der Waals surface area contributed by atoms with Gasteiger partial charge in [0.15, 0.2) is 0 Å². The zero-order valence-electron chi connectivity index (χ0n) is 13.0. The monoisotopic (exact) mass is 285 g/mol. The molecule has 6 nitrogen and oxygen atoms in total. The third-order valence-corrected chi connectivity index (χ3v) is 3.03. The Bertz CT molecular complexity index is 352. The molecule has 1 aliphatic heterocycles. The lowest BCUT2D eigenvalue weighted by Crippen LogP contribution is -2.42. The molecule has 0 aromatic rings. The summed E-state index contributed by atoms with van der Waals surface area (Å²) in [6, 6.07) is -0.0800. The fourth-order valence-electron chi connectivity index (χ4n) is 2.15. The van der Waals surface area contributed by atoms with Crippen LogP contribution < -0.4 is 5.73 Å². The highest BCUT2D eigenvalue weighted by Gasteiger charge is 2.28. The highest BCUT2D eigenvalue weighted by atomic mass is 16.6. The van der Waals surface area contributed by atoms with Crippen LogP contribution in [0.25, 0.3) is 0 Å². The van der Waals surface area contributed by atoms with Crippen LogP contribution in [0.4, 0.5) is 4.79 Å². The first-order valence-electron chi connectivity index (χ1n) is 7.24. The van der Waals surface area contributed by atoms with Crippen molar-refractivity contribution in [2.75, 3.05) is 26.2 Å². The van der Waals surface area contributed by atoms with Crippen molar-refractivity contribution in [3.63, 3.8) is 0 Å². The van der Waals surface area contributed by atoms with Gasteiger partial charge in [-0.1, -0.05) is 6.92 Å². The maximum absolute atomic E-state index is 12.1. The van der Waals surface area contributed by atoms with Crippen LogP contribution in [0, 0.1) is 0 Å². The molecule has 0 saturated carbocycles. The predicted molar refractivity (Wildman–Crippen MR) is 77.3 cm³/mol. The number of amides is 2. The molecule has 0 aliphatic carbocycles. The number of carbonyl (C=O) groups is 2. The van der Waals surface area contributed by atoms with Crippen molar-refractivity contribution in [1.29, 1.82) is 0 Å². The van der Waals surface area contributed by atoms with Gasteiger partial charge in [-0.05, 0) is 27.2 Å². The molecule has 1 rings (SSSR count). The first-order valence-corrected chi connectivity index (χ1v) is 7.24. The lowest BCUT2D eigenvalue weighted by Gasteiger charge is -2.28. The minimum atomic E-state index is -0.505. The van der Waals surface area contributed by atoms with Gasteiger partial charge in [0.2, 0.25) is 5.91 Å². The molecule has 0 spiro atoms. The summed E-state index contributed by atoms with van der Waals surface area (Å²) in [5, 5.41) is 0. The Morgan fingerprint density at radius 1 is 1.45 bits per heavy atom. The van der Waals surface area contributed by atoms with Gasteiger partial charge in [-0.2, -0.15) is 0 Å². The highest BCUT2D eigenvalue weighted by molar-refractivity contribution is 5.79. The summed E-state index contributed by atoms with van der Waals surface area (Å²) >= 11 is 0. The van der Waals surface area contributed by atoms with Gasteiger partial charge in [0.1, 0.15) is 5.60 Å². The molecule has 1 fully saturated rings. The Morgan fingerprint density at radius 3 is 2.55 bits per heavy atom. The molecule has 2 amide bonds. The average Bonchev–Trinajstić information content (AvgIpc) is 2.60. The zero-order valence-corrected chi connectivity index (χ0v) is 13.0. The van der Waals surface area contributed by atoms with Gasteiger partial charge in [0, 0.05) is 38.6 Å². The van der Waals surface area contributed by atoms with E-state index in [1.54, 1.807) is 9.80 Å². The summed E-state index contributed by atoms with van der Waals surface area (Å²) in [6.07, 6.45) is 0.933. The van der Waals surface area contributed by atoms with Gasteiger partial charge < -0.3 is 20.3 Å². The van der Waals surface area contributed by atoms with Gasteiger partial charge in [-0.3, -0.25) is 4.79 Å². The number of ether oxygens (including phenoxy) is 1. The Balaban J connectivity index is 2.50. The molecule has 0 bridgehead atoms. The van der Waals surface area contributed by atoms with Gasteiger partial charge in [0.05, 0.1) is 0 Å². The molecular weight excluding hydrogens is 258 g/mol. The number of nitrogens with two attached hydrogens (primary N) is 1. The normalized spacial score (nSPS) is 19.4. The van der Waals surface area contributed by atoms with Crippen LogP contribution in [0.3, 0.4) is 0 Å². The van der Waals surface area contributed by atoms with E-state index in [-0.39, 0.29) is 18.0 Å². The Labute approximate surface area is 121 Å². The van der Waals surface area contributed by atoms with Crippen molar-refractivity contribution in [3.05, 3.63) is 0 Å². The topological polar surface area (TPSA) is 75.9 Å². The van der Waals surface area contributed by atoms with E-state index < -0.39 is 5.60 Å². The quantitative estimate of drug-likeness (QED) is 0.823. The average molecular weight is 285 g/mol. The Hall–Kier alpha value is -1.30. The lowest BCUT2D eigenvalue weighted by molar-refractivity contribution is -0.127. The van der Waals surface area contributed by atoms with E-state index in [4.69, 9.17) is 10.5 Å². The SMILES string of the molecule is CCCN(CCN1CC(N)CC1=O)C(=O)OC(C)(C)C. The number of carbonyl (C=O) groups excluding carboxylic acids is 2. The van der Waals surface area contributed by atoms with E-state index in [1.807, 2.05) is 27.7 Å². The maximum Gasteiger partial charge on any atom is 0.410 e. The van der Waals surface area contributed by atoms with Crippen molar-refractivity contribution in [2.24, 2.45) is 5.73 Å². The highest BCUT2D eigenvalue weighted by Crippen LogP contribution is 2.12. The van der Waals surface area contributed by atoms with E-state index in [2.05, 4.69) is 0 Å². The van der Waals surface area contributed by atoms with Crippen LogP contribution in [0.1, 0.15) is 40.5 Å². The van der Waals surface area contributed by atoms with Crippen molar-refractivity contribution >= 4 is 12.0 Å². The number of likely N-dealkylation sites (tertiary alicyclic amines) is 1. The third-order valence-electron chi connectivity index (χ3n) is 3.03. The van der Waals surface area contributed by atoms with Crippen LogP contribution in [-0.2, 0) is 9.53 Å². The minimum Gasteiger partial charge on any atom is -0.444 e. The summed E-state index contributed by atoms with van der Waals surface area (Å²) in [6.45, 7) is 9.76. The van der Waals surface area contributed by atoms with Crippen LogP contribution in [0.5, 0.6) is 0 Å². The van der Waals surface area contributed by atoms with Gasteiger partial charge in [-0.15, -0.1) is 0 Å². The fraction of sp³-hybridized carbons (Fsp3) is 0.857. The predicted octanol–water partition coefficient (Wildman–Crippen LogP) is 1.19. The molecule has 2 N–H and O–H groups in total. The smallest absolute Gasteiger partial charge is 0.410 e. The van der Waals surface area contributed by atoms with Gasteiger partial charge in [-0.25, -0.2) is 4.79 Å². The largest absolute Gasteiger partial charge is 0.444 e. The minimum absolute atomic E-state index is 0.0677. The van der Waals surface area contributed by atoms with E-state index in [9.17, 15) is 9.59 Å². The zero-order chi connectivity index (χ0) is 15.3. The van der Waals surface area contributed by atoms with Crippen molar-refractivity contribution < 1.29 is 14.3 Å². The number of nitrogens with zero attached hydrogens (tertiary/aromatic N) is 2. The number of rotatable bonds is 5. The molecule has 20 heavy (non-hydrogen) atoms. The second-order valence-corrected chi connectivity index (χ2v) is 6.27. The molecule has 0 radical (unpaired) electrons. The van der Waals surface area contributed by atoms with Gasteiger partial charge >= 0.3 is 6.09 Å². The standard InChI is InChI=1S/C14H27N3O3/c1-5-6-16(13(19)20-14(2,3)4)7-8-17-10-11(15)9-12(17)18/h11H,5-10,15H2,1-4H3. The van der Waals surface area contributed by atoms with E-state index >= 15 is 0 Å². The second kappa shape index (κ2) is 6.92. The van der Waals surface area contributed by atoms with E-state index in [0.29, 0.717) is 32.6 Å². The van der Waals surface area contributed by atoms with Crippen molar-refractivity contribution in [2.45, 2.75) is 52.2 Å². The molecule has 1 unspecified atom stereocenters. The molecule has 0 aromatic carbocycles. The van der Waals surface area contributed by atoms with Crippen LogP contribution in [0.2, 0.25) is 0 Å². The van der Waals surface area contributed by atoms with Crippen molar-refractivity contribution in [1.82, 2.24) is 9.80 Å². The Morgan fingerprint density at radius 2 is 2.10 bits per heavy atom. The third kappa shape index (κ3) is 5.36. The first-order chi connectivity index (χ1) is 9.23. The molecule has 1 heterocycles. The fourth-order valence-corrected chi connectivity index (χ4v) is 2.15. The molecule has 1 aliphatic rings. The molecule has 1 saturated heterocycles. The first kappa shape index (κ1) is 16.8. The summed E-state index contributed by atoms with van der Waals surface area (Å²) in [7, 11) is 0. The molecule has 0 aromatic heterocycles. The summed E-state index contributed by atoms with van der Waals surface area (Å²) in [4.78, 5) is 27.1. The molecule has 1 atom stereocenters. The van der Waals surface area contributed by atoms with Crippen LogP contribution >= 0.6 is 0 Å². The number of hydrogen-bond donors (Lipinski definition) is 1. The molecule has 6 heteroatoms. The number of hydrogen-bond acceptors (Lipinski definition) is 4. The lowest BCUT2D eigenvalue weighted by atomic mass is 10.2. The summed E-state index contributed by atoms with van der Waals surface area (Å²) in [5.74, 6) is 0.0677. The van der Waals surface area contributed by atoms with Gasteiger partial charge in [0.25, 0.3) is 0 Å².